The van der Waals surface area contributed by atoms with Crippen LogP contribution >= 0.6 is 0 Å². The van der Waals surface area contributed by atoms with Crippen molar-refractivity contribution in [3.63, 3.8) is 0 Å². The lowest BCUT2D eigenvalue weighted by Crippen LogP contribution is -2.44. The molecule has 2 unspecified atom stereocenters. The van der Waals surface area contributed by atoms with Crippen molar-refractivity contribution < 1.29 is 23.9 Å². The van der Waals surface area contributed by atoms with Gasteiger partial charge in [0.1, 0.15) is 17.8 Å². The summed E-state index contributed by atoms with van der Waals surface area (Å²) in [5.41, 5.74) is 2.78. The second kappa shape index (κ2) is 8.78. The number of hydrogen-bond acceptors (Lipinski definition) is 5. The molecule has 0 radical (unpaired) electrons. The molecule has 2 heterocycles. The number of hydrogen-bond donors (Lipinski definition) is 1. The van der Waals surface area contributed by atoms with Gasteiger partial charge in [-0.2, -0.15) is 0 Å². The molecule has 7 nitrogen and oxygen atoms in total. The first kappa shape index (κ1) is 21.5. The number of amides is 1. The number of rotatable bonds is 5. The molecule has 1 aliphatic rings. The summed E-state index contributed by atoms with van der Waals surface area (Å²) in [7, 11) is 0. The molecule has 2 atom stereocenters. The maximum atomic E-state index is 13.0. The van der Waals surface area contributed by atoms with Crippen molar-refractivity contribution in [2.45, 2.75) is 25.7 Å². The topological polar surface area (TPSA) is 105 Å². The van der Waals surface area contributed by atoms with Gasteiger partial charge >= 0.3 is 11.6 Å². The van der Waals surface area contributed by atoms with Crippen LogP contribution < -0.4 is 5.63 Å². The van der Waals surface area contributed by atoms with Gasteiger partial charge in [-0.15, -0.1) is 0 Å². The molecule has 1 aromatic heterocycles. The van der Waals surface area contributed by atoms with Crippen molar-refractivity contribution in [1.82, 2.24) is 4.90 Å². The predicted molar refractivity (Wildman–Crippen MR) is 118 cm³/mol. The lowest BCUT2D eigenvalue weighted by Gasteiger charge is -2.32. The Morgan fingerprint density at radius 2 is 1.94 bits per heavy atom. The van der Waals surface area contributed by atoms with Crippen molar-refractivity contribution in [3.8, 4) is 11.1 Å². The van der Waals surface area contributed by atoms with Crippen LogP contribution in [-0.4, -0.2) is 41.3 Å². The number of benzene rings is 2. The second-order valence-corrected chi connectivity index (χ2v) is 8.13. The van der Waals surface area contributed by atoms with Crippen molar-refractivity contribution in [2.75, 3.05) is 13.1 Å². The summed E-state index contributed by atoms with van der Waals surface area (Å²) in [5, 5.41) is 9.98. The van der Waals surface area contributed by atoms with Crippen LogP contribution in [0.5, 0.6) is 0 Å². The van der Waals surface area contributed by atoms with Crippen molar-refractivity contribution in [1.29, 1.82) is 0 Å². The number of likely N-dealkylation sites (tertiary alicyclic amines) is 1. The maximum absolute atomic E-state index is 13.0. The van der Waals surface area contributed by atoms with E-state index >= 15 is 0 Å². The van der Waals surface area contributed by atoms with Gasteiger partial charge in [0.15, 0.2) is 0 Å². The van der Waals surface area contributed by atoms with E-state index in [1.807, 2.05) is 31.2 Å². The molecule has 1 fully saturated rings. The van der Waals surface area contributed by atoms with Gasteiger partial charge in [-0.1, -0.05) is 36.4 Å². The van der Waals surface area contributed by atoms with E-state index in [1.54, 1.807) is 18.2 Å². The number of carbonyl (C=O) groups is 3. The number of aldehydes is 1. The number of aryl methyl sites for hydroxylation is 1. The first-order chi connectivity index (χ1) is 15.4. The first-order valence-electron chi connectivity index (χ1n) is 10.5. The predicted octanol–water partition coefficient (Wildman–Crippen LogP) is 3.37. The SMILES string of the molecule is Cc1ccccc1-c1cc(=O)oc2cc(C(C=O)C(=O)N3CCCC(C(=O)O)C3)ccc12. The Balaban J connectivity index is 1.72. The molecule has 164 valence electrons. The molecule has 0 saturated carbocycles. The van der Waals surface area contributed by atoms with Crippen LogP contribution in [0.15, 0.2) is 57.7 Å². The van der Waals surface area contributed by atoms with Crippen LogP contribution in [0.2, 0.25) is 0 Å². The third kappa shape index (κ3) is 4.06. The average Bonchev–Trinajstić information content (AvgIpc) is 2.79. The summed E-state index contributed by atoms with van der Waals surface area (Å²) in [6.45, 7) is 2.44. The average molecular weight is 433 g/mol. The van der Waals surface area contributed by atoms with Crippen LogP contribution in [0.1, 0.15) is 29.9 Å². The first-order valence-corrected chi connectivity index (χ1v) is 10.5. The molecule has 4 rings (SSSR count). The summed E-state index contributed by atoms with van der Waals surface area (Å²) < 4.78 is 5.40. The molecule has 1 N–H and O–H groups in total. The van der Waals surface area contributed by atoms with Crippen LogP contribution in [0.3, 0.4) is 0 Å². The number of aliphatic carboxylic acids is 1. The summed E-state index contributed by atoms with van der Waals surface area (Å²) in [5.74, 6) is -3.12. The monoisotopic (exact) mass is 433 g/mol. The Bertz CT molecular complexity index is 1260. The number of carboxylic acid groups (broad SMARTS) is 1. The standard InChI is InChI=1S/C25H23NO6/c1-15-5-2-3-7-18(15)20-12-23(28)32-22-11-16(8-9-19(20)22)21(14-27)24(29)26-10-4-6-17(13-26)25(30)31/h2-3,5,7-9,11-12,14,17,21H,4,6,10,13H2,1H3,(H,30,31). The molecular formula is C25H23NO6. The smallest absolute Gasteiger partial charge is 0.336 e. The highest BCUT2D eigenvalue weighted by atomic mass is 16.4. The van der Waals surface area contributed by atoms with Gasteiger partial charge in [0.25, 0.3) is 0 Å². The van der Waals surface area contributed by atoms with Gasteiger partial charge < -0.3 is 19.2 Å². The van der Waals surface area contributed by atoms with E-state index in [1.165, 1.54) is 11.0 Å². The molecule has 7 heteroatoms. The fraction of sp³-hybridized carbons (Fsp3) is 0.280. The molecule has 3 aromatic rings. The zero-order chi connectivity index (χ0) is 22.8. The minimum absolute atomic E-state index is 0.0819. The van der Waals surface area contributed by atoms with Gasteiger partial charge in [-0.3, -0.25) is 9.59 Å². The molecular weight excluding hydrogens is 410 g/mol. The summed E-state index contributed by atoms with van der Waals surface area (Å²) in [6, 6.07) is 14.1. The zero-order valence-electron chi connectivity index (χ0n) is 17.6. The van der Waals surface area contributed by atoms with Crippen molar-refractivity contribution >= 4 is 29.1 Å². The Labute approximate surface area is 184 Å². The highest BCUT2D eigenvalue weighted by molar-refractivity contribution is 6.00. The molecule has 2 aromatic carbocycles. The van der Waals surface area contributed by atoms with Crippen LogP contribution in [0, 0.1) is 12.8 Å². The quantitative estimate of drug-likeness (QED) is 0.376. The van der Waals surface area contributed by atoms with E-state index in [2.05, 4.69) is 0 Å². The van der Waals surface area contributed by atoms with Gasteiger partial charge in [0, 0.05) is 30.1 Å². The van der Waals surface area contributed by atoms with Gasteiger partial charge in [0.05, 0.1) is 5.92 Å². The number of carboxylic acids is 1. The van der Waals surface area contributed by atoms with E-state index in [-0.39, 0.29) is 12.1 Å². The molecule has 1 saturated heterocycles. The maximum Gasteiger partial charge on any atom is 0.336 e. The fourth-order valence-corrected chi connectivity index (χ4v) is 4.33. The second-order valence-electron chi connectivity index (χ2n) is 8.13. The highest BCUT2D eigenvalue weighted by Gasteiger charge is 2.32. The third-order valence-corrected chi connectivity index (χ3v) is 6.05. The van der Waals surface area contributed by atoms with E-state index in [9.17, 15) is 24.3 Å². The molecule has 32 heavy (non-hydrogen) atoms. The normalized spacial score (nSPS) is 17.2. The zero-order valence-corrected chi connectivity index (χ0v) is 17.6. The molecule has 0 bridgehead atoms. The summed E-state index contributed by atoms with van der Waals surface area (Å²) >= 11 is 0. The number of carbonyl (C=O) groups excluding carboxylic acids is 2. The molecule has 1 aliphatic heterocycles. The Kier molecular flexibility index (Phi) is 5.90. The van der Waals surface area contributed by atoms with E-state index in [0.717, 1.165) is 16.7 Å². The minimum atomic E-state index is -1.10. The Morgan fingerprint density at radius 1 is 1.16 bits per heavy atom. The van der Waals surface area contributed by atoms with Crippen molar-refractivity contribution in [2.24, 2.45) is 5.92 Å². The van der Waals surface area contributed by atoms with Crippen LogP contribution in [0.4, 0.5) is 0 Å². The lowest BCUT2D eigenvalue weighted by molar-refractivity contribution is -0.146. The Hall–Kier alpha value is -3.74. The summed E-state index contributed by atoms with van der Waals surface area (Å²) in [6.07, 6.45) is 1.63. The largest absolute Gasteiger partial charge is 0.481 e. The highest BCUT2D eigenvalue weighted by Crippen LogP contribution is 2.32. The van der Waals surface area contributed by atoms with Gasteiger partial charge in [0.2, 0.25) is 5.91 Å². The van der Waals surface area contributed by atoms with E-state index in [4.69, 9.17) is 4.42 Å². The van der Waals surface area contributed by atoms with E-state index in [0.29, 0.717) is 36.6 Å². The third-order valence-electron chi connectivity index (χ3n) is 6.05. The van der Waals surface area contributed by atoms with Gasteiger partial charge in [-0.25, -0.2) is 4.79 Å². The van der Waals surface area contributed by atoms with Crippen LogP contribution in [0.25, 0.3) is 22.1 Å². The molecule has 0 spiro atoms. The van der Waals surface area contributed by atoms with Crippen LogP contribution in [-0.2, 0) is 14.4 Å². The lowest BCUT2D eigenvalue weighted by atomic mass is 9.92. The minimum Gasteiger partial charge on any atom is -0.481 e. The summed E-state index contributed by atoms with van der Waals surface area (Å²) in [4.78, 5) is 50.0. The Morgan fingerprint density at radius 3 is 2.66 bits per heavy atom. The molecule has 0 aliphatic carbocycles. The number of nitrogens with zero attached hydrogens (tertiary/aromatic N) is 1. The number of piperidine rings is 1. The number of fused-ring (bicyclic) bond motifs is 1. The van der Waals surface area contributed by atoms with E-state index < -0.39 is 29.3 Å². The fourth-order valence-electron chi connectivity index (χ4n) is 4.33. The molecule has 1 amide bonds. The van der Waals surface area contributed by atoms with Crippen molar-refractivity contribution in [3.05, 3.63) is 70.1 Å². The van der Waals surface area contributed by atoms with Gasteiger partial charge in [-0.05, 0) is 42.5 Å².